The highest BCUT2D eigenvalue weighted by Crippen LogP contribution is 2.39. The van der Waals surface area contributed by atoms with Crippen LogP contribution in [-0.2, 0) is 13.0 Å². The van der Waals surface area contributed by atoms with Crippen molar-refractivity contribution in [2.75, 3.05) is 13.3 Å². The molecule has 0 unspecified atom stereocenters. The van der Waals surface area contributed by atoms with Crippen molar-refractivity contribution < 1.29 is 9.47 Å². The van der Waals surface area contributed by atoms with Crippen LogP contribution in [0.4, 0.5) is 0 Å². The van der Waals surface area contributed by atoms with Gasteiger partial charge in [-0.2, -0.15) is 0 Å². The summed E-state index contributed by atoms with van der Waals surface area (Å²) in [6.07, 6.45) is 1.07. The maximum atomic E-state index is 5.41. The van der Waals surface area contributed by atoms with Crippen LogP contribution in [0, 0.1) is 0 Å². The van der Waals surface area contributed by atoms with Gasteiger partial charge in [-0.25, -0.2) is 0 Å². The van der Waals surface area contributed by atoms with Crippen LogP contribution >= 0.6 is 27.3 Å². The molecule has 19 heavy (non-hydrogen) atoms. The Morgan fingerprint density at radius 3 is 3.11 bits per heavy atom. The number of benzene rings is 1. The summed E-state index contributed by atoms with van der Waals surface area (Å²) in [5.41, 5.74) is 1.20. The van der Waals surface area contributed by atoms with E-state index in [0.717, 1.165) is 35.5 Å². The average molecular weight is 340 g/mol. The Morgan fingerprint density at radius 2 is 2.26 bits per heavy atom. The normalized spacial score (nSPS) is 12.9. The Bertz CT molecular complexity index is 557. The molecule has 0 radical (unpaired) electrons. The van der Waals surface area contributed by atoms with Crippen molar-refractivity contribution in [3.63, 3.8) is 0 Å². The number of hydrogen-bond acceptors (Lipinski definition) is 4. The molecule has 0 atom stereocenters. The molecule has 0 spiro atoms. The van der Waals surface area contributed by atoms with E-state index in [4.69, 9.17) is 9.47 Å². The Kier molecular flexibility index (Phi) is 4.06. The van der Waals surface area contributed by atoms with Crippen molar-refractivity contribution in [3.05, 3.63) is 44.6 Å². The van der Waals surface area contributed by atoms with Crippen molar-refractivity contribution in [1.29, 1.82) is 0 Å². The van der Waals surface area contributed by atoms with Gasteiger partial charge < -0.3 is 14.8 Å². The molecule has 5 heteroatoms. The molecule has 0 amide bonds. The van der Waals surface area contributed by atoms with Crippen LogP contribution in [-0.4, -0.2) is 13.3 Å². The lowest BCUT2D eigenvalue weighted by Crippen LogP contribution is -2.16. The van der Waals surface area contributed by atoms with Gasteiger partial charge in [-0.05, 0) is 51.5 Å². The van der Waals surface area contributed by atoms with E-state index in [1.54, 1.807) is 11.3 Å². The fourth-order valence-electron chi connectivity index (χ4n) is 2.02. The summed E-state index contributed by atoms with van der Waals surface area (Å²) < 4.78 is 11.7. The number of nitrogens with one attached hydrogen (secondary N) is 1. The highest BCUT2D eigenvalue weighted by molar-refractivity contribution is 9.10. The lowest BCUT2D eigenvalue weighted by molar-refractivity contribution is 0.173. The van der Waals surface area contributed by atoms with Crippen LogP contribution < -0.4 is 14.8 Å². The first kappa shape index (κ1) is 13.0. The van der Waals surface area contributed by atoms with Crippen LogP contribution in [0.3, 0.4) is 0 Å². The number of rotatable bonds is 5. The summed E-state index contributed by atoms with van der Waals surface area (Å²) in [4.78, 5) is 1.42. The van der Waals surface area contributed by atoms with Crippen LogP contribution in [0.5, 0.6) is 11.5 Å². The van der Waals surface area contributed by atoms with Gasteiger partial charge in [0.2, 0.25) is 6.79 Å². The molecular weight excluding hydrogens is 326 g/mol. The van der Waals surface area contributed by atoms with Gasteiger partial charge in [0, 0.05) is 18.0 Å². The number of thiophene rings is 1. The molecule has 0 saturated heterocycles. The molecule has 3 rings (SSSR count). The summed E-state index contributed by atoms with van der Waals surface area (Å²) >= 11 is 5.31. The summed E-state index contributed by atoms with van der Waals surface area (Å²) in [5, 5.41) is 5.56. The number of halogens is 1. The predicted molar refractivity (Wildman–Crippen MR) is 80.0 cm³/mol. The monoisotopic (exact) mass is 339 g/mol. The quantitative estimate of drug-likeness (QED) is 0.844. The second-order valence-corrected chi connectivity index (χ2v) is 6.20. The molecule has 0 aliphatic carbocycles. The fraction of sp³-hybridized carbons (Fsp3) is 0.286. The van der Waals surface area contributed by atoms with Crippen molar-refractivity contribution >= 4 is 27.3 Å². The fourth-order valence-corrected chi connectivity index (χ4v) is 3.33. The molecule has 1 aromatic heterocycles. The van der Waals surface area contributed by atoms with Gasteiger partial charge in [0.25, 0.3) is 0 Å². The van der Waals surface area contributed by atoms with E-state index in [1.807, 2.05) is 6.07 Å². The minimum atomic E-state index is 0.309. The molecule has 1 N–H and O–H groups in total. The predicted octanol–water partition coefficient (Wildman–Crippen LogP) is 3.57. The van der Waals surface area contributed by atoms with E-state index >= 15 is 0 Å². The Labute approximate surface area is 124 Å². The van der Waals surface area contributed by atoms with Gasteiger partial charge in [0.05, 0.1) is 4.47 Å². The largest absolute Gasteiger partial charge is 0.454 e. The van der Waals surface area contributed by atoms with Gasteiger partial charge in [0.1, 0.15) is 0 Å². The molecule has 0 saturated carbocycles. The zero-order chi connectivity index (χ0) is 13.1. The summed E-state index contributed by atoms with van der Waals surface area (Å²) in [6, 6.07) is 8.37. The molecule has 0 bridgehead atoms. The lowest BCUT2D eigenvalue weighted by atomic mass is 10.2. The number of hydrogen-bond donors (Lipinski definition) is 1. The van der Waals surface area contributed by atoms with E-state index in [1.165, 1.54) is 10.4 Å². The van der Waals surface area contributed by atoms with E-state index in [2.05, 4.69) is 44.8 Å². The smallest absolute Gasteiger partial charge is 0.231 e. The van der Waals surface area contributed by atoms with Crippen molar-refractivity contribution in [3.8, 4) is 11.5 Å². The first-order valence-corrected chi connectivity index (χ1v) is 7.81. The molecule has 1 aliphatic heterocycles. The van der Waals surface area contributed by atoms with Crippen LogP contribution in [0.15, 0.2) is 34.1 Å². The van der Waals surface area contributed by atoms with Crippen LogP contribution in [0.1, 0.15) is 10.4 Å². The zero-order valence-electron chi connectivity index (χ0n) is 10.3. The summed E-state index contributed by atoms with van der Waals surface area (Å²) in [5.74, 6) is 1.63. The second-order valence-electron chi connectivity index (χ2n) is 4.32. The van der Waals surface area contributed by atoms with E-state index in [9.17, 15) is 0 Å². The third-order valence-corrected chi connectivity index (χ3v) is 4.47. The van der Waals surface area contributed by atoms with E-state index in [-0.39, 0.29) is 0 Å². The van der Waals surface area contributed by atoms with Crippen molar-refractivity contribution in [2.24, 2.45) is 0 Å². The topological polar surface area (TPSA) is 30.5 Å². The first-order valence-electron chi connectivity index (χ1n) is 6.14. The standard InChI is InChI=1S/C14H14BrNO2S/c15-12-6-10(7-13-14(12)18-9-17-13)8-16-4-3-11-2-1-5-19-11/h1-2,5-7,16H,3-4,8-9H2. The minimum absolute atomic E-state index is 0.309. The SMILES string of the molecule is Brc1cc(CNCCc2cccs2)cc2c1OCO2. The van der Waals surface area contributed by atoms with Gasteiger partial charge in [-0.1, -0.05) is 6.07 Å². The van der Waals surface area contributed by atoms with Gasteiger partial charge in [0.15, 0.2) is 11.5 Å². The van der Waals surface area contributed by atoms with Crippen LogP contribution in [0.25, 0.3) is 0 Å². The zero-order valence-corrected chi connectivity index (χ0v) is 12.7. The average Bonchev–Trinajstić information content (AvgIpc) is 3.05. The molecule has 0 fully saturated rings. The third-order valence-electron chi connectivity index (χ3n) is 2.94. The molecule has 2 heterocycles. The van der Waals surface area contributed by atoms with Crippen LogP contribution in [0.2, 0.25) is 0 Å². The molecular formula is C14H14BrNO2S. The molecule has 3 nitrogen and oxygen atoms in total. The molecule has 2 aromatic rings. The number of ether oxygens (including phenoxy) is 2. The Balaban J connectivity index is 1.54. The summed E-state index contributed by atoms with van der Waals surface area (Å²) in [6.45, 7) is 2.12. The second kappa shape index (κ2) is 5.94. The lowest BCUT2D eigenvalue weighted by Gasteiger charge is -2.07. The Morgan fingerprint density at radius 1 is 1.32 bits per heavy atom. The minimum Gasteiger partial charge on any atom is -0.454 e. The third kappa shape index (κ3) is 3.11. The molecule has 100 valence electrons. The highest BCUT2D eigenvalue weighted by Gasteiger charge is 2.17. The Hall–Kier alpha value is -1.04. The molecule has 1 aromatic carbocycles. The first-order chi connectivity index (χ1) is 9.33. The highest BCUT2D eigenvalue weighted by atomic mass is 79.9. The molecule has 1 aliphatic rings. The summed E-state index contributed by atoms with van der Waals surface area (Å²) in [7, 11) is 0. The van der Waals surface area contributed by atoms with Gasteiger partial charge in [-0.3, -0.25) is 0 Å². The maximum Gasteiger partial charge on any atom is 0.231 e. The number of fused-ring (bicyclic) bond motifs is 1. The maximum absolute atomic E-state index is 5.41. The van der Waals surface area contributed by atoms with Gasteiger partial charge >= 0.3 is 0 Å². The van der Waals surface area contributed by atoms with E-state index in [0.29, 0.717) is 6.79 Å². The van der Waals surface area contributed by atoms with Crippen molar-refractivity contribution in [2.45, 2.75) is 13.0 Å². The van der Waals surface area contributed by atoms with E-state index < -0.39 is 0 Å². The van der Waals surface area contributed by atoms with Gasteiger partial charge in [-0.15, -0.1) is 11.3 Å². The van der Waals surface area contributed by atoms with Crippen molar-refractivity contribution in [1.82, 2.24) is 5.32 Å².